The molecule has 1 atom stereocenters. The molecular formula is C24H31N5O3. The van der Waals surface area contributed by atoms with Gasteiger partial charge in [0.05, 0.1) is 12.1 Å². The molecule has 0 radical (unpaired) electrons. The molecule has 170 valence electrons. The number of para-hydroxylation sites is 1. The van der Waals surface area contributed by atoms with Crippen molar-refractivity contribution in [2.45, 2.75) is 32.9 Å². The Labute approximate surface area is 188 Å². The highest BCUT2D eigenvalue weighted by Gasteiger charge is 2.31. The van der Waals surface area contributed by atoms with Crippen LogP contribution in [0.4, 0.5) is 0 Å². The average molecular weight is 438 g/mol. The summed E-state index contributed by atoms with van der Waals surface area (Å²) in [6.07, 6.45) is 0.776. The number of carbonyl (C=O) groups is 2. The van der Waals surface area contributed by atoms with Crippen molar-refractivity contribution < 1.29 is 14.3 Å². The number of methoxy groups -OCH3 is 1. The Balaban J connectivity index is 1.91. The Morgan fingerprint density at radius 2 is 1.81 bits per heavy atom. The van der Waals surface area contributed by atoms with Gasteiger partial charge in [-0.15, -0.1) is 5.10 Å². The van der Waals surface area contributed by atoms with E-state index in [2.05, 4.69) is 29.5 Å². The van der Waals surface area contributed by atoms with Crippen LogP contribution in [0.5, 0.6) is 0 Å². The first-order chi connectivity index (χ1) is 15.5. The minimum absolute atomic E-state index is 0.00724. The maximum absolute atomic E-state index is 13.5. The van der Waals surface area contributed by atoms with Crippen molar-refractivity contribution in [1.82, 2.24) is 25.2 Å². The highest BCUT2D eigenvalue weighted by Crippen LogP contribution is 2.23. The van der Waals surface area contributed by atoms with Gasteiger partial charge in [0.2, 0.25) is 11.8 Å². The Morgan fingerprint density at radius 1 is 1.09 bits per heavy atom. The van der Waals surface area contributed by atoms with E-state index in [9.17, 15) is 9.59 Å². The Kier molecular flexibility index (Phi) is 8.33. The van der Waals surface area contributed by atoms with E-state index in [1.54, 1.807) is 16.7 Å². The highest BCUT2D eigenvalue weighted by molar-refractivity contribution is 5.89. The van der Waals surface area contributed by atoms with E-state index in [1.165, 1.54) is 0 Å². The topological polar surface area (TPSA) is 89.4 Å². The van der Waals surface area contributed by atoms with E-state index in [-0.39, 0.29) is 18.4 Å². The number of ether oxygens (including phenoxy) is 1. The van der Waals surface area contributed by atoms with Crippen molar-refractivity contribution in [3.05, 3.63) is 60.2 Å². The molecule has 0 bridgehead atoms. The summed E-state index contributed by atoms with van der Waals surface area (Å²) < 4.78 is 6.65. The molecule has 2 amide bonds. The van der Waals surface area contributed by atoms with Crippen LogP contribution in [0.1, 0.15) is 31.9 Å². The largest absolute Gasteiger partial charge is 0.383 e. The average Bonchev–Trinajstić information content (AvgIpc) is 3.20. The summed E-state index contributed by atoms with van der Waals surface area (Å²) in [4.78, 5) is 28.4. The summed E-state index contributed by atoms with van der Waals surface area (Å²) in [6.45, 7) is 5.44. The molecular weight excluding hydrogens is 406 g/mol. The van der Waals surface area contributed by atoms with E-state index in [1.807, 2.05) is 54.6 Å². The fourth-order valence-electron chi connectivity index (χ4n) is 3.53. The SMILES string of the molecule is COCCNC(=O)C(c1ccccc1)N(CCC(C)C)C(=O)Cn1nnc2ccccc21. The second kappa shape index (κ2) is 11.4. The molecule has 3 aromatic rings. The van der Waals surface area contributed by atoms with Gasteiger partial charge in [-0.2, -0.15) is 0 Å². The van der Waals surface area contributed by atoms with Gasteiger partial charge in [-0.25, -0.2) is 4.68 Å². The minimum Gasteiger partial charge on any atom is -0.383 e. The Morgan fingerprint density at radius 3 is 2.53 bits per heavy atom. The number of aromatic nitrogens is 3. The number of nitrogens with zero attached hydrogens (tertiary/aromatic N) is 4. The number of nitrogens with one attached hydrogen (secondary N) is 1. The molecule has 3 rings (SSSR count). The van der Waals surface area contributed by atoms with E-state index in [0.717, 1.165) is 23.0 Å². The smallest absolute Gasteiger partial charge is 0.247 e. The lowest BCUT2D eigenvalue weighted by Crippen LogP contribution is -2.46. The zero-order valence-electron chi connectivity index (χ0n) is 18.9. The first-order valence-corrected chi connectivity index (χ1v) is 10.9. The van der Waals surface area contributed by atoms with Gasteiger partial charge < -0.3 is 15.0 Å². The van der Waals surface area contributed by atoms with Crippen LogP contribution < -0.4 is 5.32 Å². The number of hydrogen-bond acceptors (Lipinski definition) is 5. The van der Waals surface area contributed by atoms with Gasteiger partial charge in [0.15, 0.2) is 0 Å². The third-order valence-electron chi connectivity index (χ3n) is 5.25. The fourth-order valence-corrected chi connectivity index (χ4v) is 3.53. The summed E-state index contributed by atoms with van der Waals surface area (Å²) in [7, 11) is 1.59. The predicted octanol–water partition coefficient (Wildman–Crippen LogP) is 2.81. The van der Waals surface area contributed by atoms with Crippen LogP contribution in [0.25, 0.3) is 11.0 Å². The highest BCUT2D eigenvalue weighted by atomic mass is 16.5. The van der Waals surface area contributed by atoms with Crippen molar-refractivity contribution in [1.29, 1.82) is 0 Å². The van der Waals surface area contributed by atoms with Gasteiger partial charge in [0.25, 0.3) is 0 Å². The van der Waals surface area contributed by atoms with Gasteiger partial charge in [-0.1, -0.05) is 61.5 Å². The van der Waals surface area contributed by atoms with E-state index in [4.69, 9.17) is 4.74 Å². The maximum Gasteiger partial charge on any atom is 0.247 e. The quantitative estimate of drug-likeness (QED) is 0.466. The predicted molar refractivity (Wildman–Crippen MR) is 123 cm³/mol. The van der Waals surface area contributed by atoms with Gasteiger partial charge in [-0.05, 0) is 30.0 Å². The first-order valence-electron chi connectivity index (χ1n) is 10.9. The van der Waals surface area contributed by atoms with Crippen molar-refractivity contribution in [3.63, 3.8) is 0 Å². The van der Waals surface area contributed by atoms with Crippen LogP contribution in [-0.2, 0) is 20.9 Å². The summed E-state index contributed by atoms with van der Waals surface area (Å²) in [6, 6.07) is 16.2. The Hall–Kier alpha value is -3.26. The molecule has 32 heavy (non-hydrogen) atoms. The summed E-state index contributed by atoms with van der Waals surface area (Å²) in [5.74, 6) is -0.0312. The lowest BCUT2D eigenvalue weighted by Gasteiger charge is -2.32. The molecule has 8 nitrogen and oxygen atoms in total. The van der Waals surface area contributed by atoms with Gasteiger partial charge in [-0.3, -0.25) is 9.59 Å². The molecule has 0 saturated heterocycles. The van der Waals surface area contributed by atoms with Gasteiger partial charge >= 0.3 is 0 Å². The van der Waals surface area contributed by atoms with Crippen LogP contribution in [0.3, 0.4) is 0 Å². The number of amides is 2. The van der Waals surface area contributed by atoms with Crippen LogP contribution >= 0.6 is 0 Å². The summed E-state index contributed by atoms with van der Waals surface area (Å²) in [5.41, 5.74) is 2.28. The molecule has 1 heterocycles. The van der Waals surface area contributed by atoms with Crippen LogP contribution in [0.15, 0.2) is 54.6 Å². The van der Waals surface area contributed by atoms with Crippen LogP contribution in [0.2, 0.25) is 0 Å². The third kappa shape index (κ3) is 5.91. The molecule has 0 aliphatic rings. The molecule has 0 spiro atoms. The number of fused-ring (bicyclic) bond motifs is 1. The monoisotopic (exact) mass is 437 g/mol. The first kappa shape index (κ1) is 23.4. The molecule has 0 aliphatic heterocycles. The summed E-state index contributed by atoms with van der Waals surface area (Å²) >= 11 is 0. The molecule has 0 saturated carbocycles. The second-order valence-corrected chi connectivity index (χ2v) is 8.10. The zero-order chi connectivity index (χ0) is 22.9. The normalized spacial score (nSPS) is 12.1. The molecule has 8 heteroatoms. The maximum atomic E-state index is 13.5. The zero-order valence-corrected chi connectivity index (χ0v) is 18.9. The molecule has 1 aromatic heterocycles. The van der Waals surface area contributed by atoms with E-state index >= 15 is 0 Å². The van der Waals surface area contributed by atoms with Gasteiger partial charge in [0.1, 0.15) is 18.1 Å². The lowest BCUT2D eigenvalue weighted by atomic mass is 10.0. The number of rotatable bonds is 11. The number of benzene rings is 2. The summed E-state index contributed by atoms with van der Waals surface area (Å²) in [5, 5.41) is 11.2. The van der Waals surface area contributed by atoms with Gasteiger partial charge in [0, 0.05) is 20.2 Å². The number of hydrogen-bond donors (Lipinski definition) is 1. The molecule has 0 aliphatic carbocycles. The van der Waals surface area contributed by atoms with Crippen molar-refractivity contribution in [2.24, 2.45) is 5.92 Å². The minimum atomic E-state index is -0.742. The van der Waals surface area contributed by atoms with Crippen molar-refractivity contribution in [3.8, 4) is 0 Å². The molecule has 0 fully saturated rings. The molecule has 1 unspecified atom stereocenters. The van der Waals surface area contributed by atoms with E-state index in [0.29, 0.717) is 25.6 Å². The van der Waals surface area contributed by atoms with Crippen LogP contribution in [-0.4, -0.2) is 58.5 Å². The van der Waals surface area contributed by atoms with Crippen molar-refractivity contribution in [2.75, 3.05) is 26.8 Å². The lowest BCUT2D eigenvalue weighted by molar-refractivity contribution is -0.141. The molecule has 2 aromatic carbocycles. The van der Waals surface area contributed by atoms with Crippen LogP contribution in [0, 0.1) is 5.92 Å². The second-order valence-electron chi connectivity index (χ2n) is 8.10. The molecule has 1 N–H and O–H groups in total. The fraction of sp³-hybridized carbons (Fsp3) is 0.417. The van der Waals surface area contributed by atoms with E-state index < -0.39 is 6.04 Å². The van der Waals surface area contributed by atoms with Crippen molar-refractivity contribution >= 4 is 22.8 Å². The number of carbonyl (C=O) groups excluding carboxylic acids is 2. The Bertz CT molecular complexity index is 1020. The standard InChI is InChI=1S/C24H31N5O3/c1-18(2)13-15-28(22(30)17-29-21-12-8-7-11-20(21)26-27-29)23(19-9-5-4-6-10-19)24(31)25-14-16-32-3/h4-12,18,23H,13-17H2,1-3H3,(H,25,31). The third-order valence-corrected chi connectivity index (χ3v) is 5.25.